The molecule has 0 bridgehead atoms. The van der Waals surface area contributed by atoms with Gasteiger partial charge in [-0.15, -0.1) is 0 Å². The second kappa shape index (κ2) is 12.7. The van der Waals surface area contributed by atoms with Gasteiger partial charge in [0.15, 0.2) is 5.79 Å². The topological polar surface area (TPSA) is 80.3 Å². The molecule has 2 rings (SSSR count). The molecule has 0 aliphatic carbocycles. The van der Waals surface area contributed by atoms with E-state index in [1.165, 1.54) is 19.4 Å². The minimum Gasteiger partial charge on any atom is -0.462 e. The highest BCUT2D eigenvalue weighted by Gasteiger charge is 2.43. The maximum absolute atomic E-state index is 11.8. The number of rotatable bonds is 10. The fourth-order valence-corrected chi connectivity index (χ4v) is 4.50. The summed E-state index contributed by atoms with van der Waals surface area (Å²) >= 11 is 0. The lowest BCUT2D eigenvalue weighted by Crippen LogP contribution is -2.44. The smallest absolute Gasteiger partial charge is 0.303 e. The molecule has 3 atom stereocenters. The predicted molar refractivity (Wildman–Crippen MR) is 126 cm³/mol. The van der Waals surface area contributed by atoms with Crippen LogP contribution < -0.4 is 0 Å². The molecule has 2 aliphatic heterocycles. The highest BCUT2D eigenvalue weighted by Crippen LogP contribution is 2.38. The van der Waals surface area contributed by atoms with Gasteiger partial charge in [-0.1, -0.05) is 18.6 Å². The minimum atomic E-state index is -0.590. The maximum atomic E-state index is 11.8. The van der Waals surface area contributed by atoms with Crippen molar-refractivity contribution in [2.75, 3.05) is 26.4 Å². The van der Waals surface area contributed by atoms with Crippen molar-refractivity contribution in [3.05, 3.63) is 23.3 Å². The Morgan fingerprint density at radius 1 is 1.12 bits per heavy atom. The SMILES string of the molecule is CC(=O)OC/C=C1\CC[C@@H](OC(C)=O)[C@](C)(CCCC(C)C2(CC=C(C)C)OCCO2)OC1. The molecular formula is C26H42O7. The predicted octanol–water partition coefficient (Wildman–Crippen LogP) is 4.88. The van der Waals surface area contributed by atoms with Gasteiger partial charge in [-0.25, -0.2) is 0 Å². The van der Waals surface area contributed by atoms with E-state index in [9.17, 15) is 9.59 Å². The van der Waals surface area contributed by atoms with Crippen LogP contribution in [0.25, 0.3) is 0 Å². The average Bonchev–Trinajstić information content (AvgIpc) is 3.17. The van der Waals surface area contributed by atoms with Gasteiger partial charge in [0.05, 0.1) is 19.8 Å². The van der Waals surface area contributed by atoms with Crippen molar-refractivity contribution in [1.29, 1.82) is 0 Å². The zero-order valence-electron chi connectivity index (χ0n) is 21.2. The molecule has 0 aromatic heterocycles. The Morgan fingerprint density at radius 2 is 1.82 bits per heavy atom. The van der Waals surface area contributed by atoms with Gasteiger partial charge in [-0.3, -0.25) is 9.59 Å². The van der Waals surface area contributed by atoms with Crippen LogP contribution in [0, 0.1) is 5.92 Å². The van der Waals surface area contributed by atoms with E-state index < -0.39 is 11.4 Å². The highest BCUT2D eigenvalue weighted by molar-refractivity contribution is 5.66. The Kier molecular flexibility index (Phi) is 10.6. The number of esters is 2. The van der Waals surface area contributed by atoms with Crippen molar-refractivity contribution in [3.63, 3.8) is 0 Å². The summed E-state index contributed by atoms with van der Waals surface area (Å²) < 4.78 is 29.2. The van der Waals surface area contributed by atoms with Gasteiger partial charge in [0.1, 0.15) is 18.3 Å². The molecule has 0 aromatic carbocycles. The molecule has 0 radical (unpaired) electrons. The fourth-order valence-electron chi connectivity index (χ4n) is 4.50. The first-order chi connectivity index (χ1) is 15.6. The Labute approximate surface area is 198 Å². The molecule has 0 N–H and O–H groups in total. The van der Waals surface area contributed by atoms with Crippen molar-refractivity contribution in [3.8, 4) is 0 Å². The molecule has 7 nitrogen and oxygen atoms in total. The van der Waals surface area contributed by atoms with E-state index in [4.69, 9.17) is 23.7 Å². The lowest BCUT2D eigenvalue weighted by Gasteiger charge is -2.37. The van der Waals surface area contributed by atoms with Gasteiger partial charge in [0.25, 0.3) is 0 Å². The van der Waals surface area contributed by atoms with Gasteiger partial charge >= 0.3 is 11.9 Å². The molecule has 2 heterocycles. The van der Waals surface area contributed by atoms with Crippen LogP contribution in [0.4, 0.5) is 0 Å². The standard InChI is InChI=1S/C26H42O7/c1-19(2)11-14-26(30-16-17-31-26)20(3)8-7-13-25(6)24(33-22(5)28)10-9-23(18-32-25)12-15-29-21(4)27/h11-12,20,24H,7-10,13-18H2,1-6H3/b23-12+/t20?,24-,25+/m1/s1. The molecule has 0 amide bonds. The van der Waals surface area contributed by atoms with E-state index in [0.29, 0.717) is 26.2 Å². The van der Waals surface area contributed by atoms with E-state index in [2.05, 4.69) is 26.8 Å². The van der Waals surface area contributed by atoms with Crippen LogP contribution in [0.5, 0.6) is 0 Å². The first-order valence-corrected chi connectivity index (χ1v) is 12.1. The Balaban J connectivity index is 2.01. The Morgan fingerprint density at radius 3 is 2.42 bits per heavy atom. The fraction of sp³-hybridized carbons (Fsp3) is 0.769. The molecule has 188 valence electrons. The zero-order valence-corrected chi connectivity index (χ0v) is 21.2. The zero-order chi connectivity index (χ0) is 24.5. The molecule has 2 aliphatic rings. The Bertz CT molecular complexity index is 716. The molecule has 2 saturated heterocycles. The lowest BCUT2D eigenvalue weighted by atomic mass is 9.85. The number of allylic oxidation sites excluding steroid dienone is 1. The van der Waals surface area contributed by atoms with Crippen LogP contribution in [-0.4, -0.2) is 55.9 Å². The first-order valence-electron chi connectivity index (χ1n) is 12.1. The third kappa shape index (κ3) is 8.54. The Hall–Kier alpha value is -1.70. The summed E-state index contributed by atoms with van der Waals surface area (Å²) in [6, 6.07) is 0. The van der Waals surface area contributed by atoms with E-state index in [0.717, 1.165) is 37.7 Å². The highest BCUT2D eigenvalue weighted by atomic mass is 16.7. The van der Waals surface area contributed by atoms with Crippen LogP contribution in [0.3, 0.4) is 0 Å². The molecule has 1 unspecified atom stereocenters. The lowest BCUT2D eigenvalue weighted by molar-refractivity contribution is -0.192. The van der Waals surface area contributed by atoms with Gasteiger partial charge in [-0.2, -0.15) is 0 Å². The van der Waals surface area contributed by atoms with Gasteiger partial charge in [-0.05, 0) is 64.5 Å². The monoisotopic (exact) mass is 466 g/mol. The summed E-state index contributed by atoms with van der Waals surface area (Å²) in [6.07, 6.45) is 8.46. The number of hydrogen-bond acceptors (Lipinski definition) is 7. The molecule has 0 spiro atoms. The summed E-state index contributed by atoms with van der Waals surface area (Å²) in [5.74, 6) is -0.958. The van der Waals surface area contributed by atoms with Crippen molar-refractivity contribution in [2.45, 2.75) is 97.6 Å². The van der Waals surface area contributed by atoms with E-state index in [1.54, 1.807) is 0 Å². The number of ether oxygens (including phenoxy) is 5. The van der Waals surface area contributed by atoms with E-state index in [1.807, 2.05) is 13.0 Å². The normalized spacial score (nSPS) is 27.0. The van der Waals surface area contributed by atoms with Crippen molar-refractivity contribution < 1.29 is 33.3 Å². The summed E-state index contributed by atoms with van der Waals surface area (Å²) in [5, 5.41) is 0. The first kappa shape index (κ1) is 27.5. The number of carbonyl (C=O) groups excluding carboxylic acids is 2. The second-order valence-corrected chi connectivity index (χ2v) is 9.69. The van der Waals surface area contributed by atoms with E-state index in [-0.39, 0.29) is 30.6 Å². The van der Waals surface area contributed by atoms with Crippen molar-refractivity contribution in [2.24, 2.45) is 5.92 Å². The molecular weight excluding hydrogens is 424 g/mol. The third-order valence-electron chi connectivity index (χ3n) is 6.59. The van der Waals surface area contributed by atoms with Crippen LogP contribution >= 0.6 is 0 Å². The number of hydrogen-bond donors (Lipinski definition) is 0. The van der Waals surface area contributed by atoms with Crippen molar-refractivity contribution in [1.82, 2.24) is 0 Å². The van der Waals surface area contributed by atoms with Crippen LogP contribution in [-0.2, 0) is 33.3 Å². The summed E-state index contributed by atoms with van der Waals surface area (Å²) in [4.78, 5) is 22.8. The molecule has 7 heteroatoms. The summed E-state index contributed by atoms with van der Waals surface area (Å²) in [6.45, 7) is 13.1. The van der Waals surface area contributed by atoms with Crippen LogP contribution in [0.15, 0.2) is 23.3 Å². The summed E-state index contributed by atoms with van der Waals surface area (Å²) in [5.41, 5.74) is 1.72. The van der Waals surface area contributed by atoms with E-state index >= 15 is 0 Å². The maximum Gasteiger partial charge on any atom is 0.303 e. The average molecular weight is 467 g/mol. The second-order valence-electron chi connectivity index (χ2n) is 9.69. The number of carbonyl (C=O) groups is 2. The quantitative estimate of drug-likeness (QED) is 0.335. The molecule has 33 heavy (non-hydrogen) atoms. The largest absolute Gasteiger partial charge is 0.462 e. The molecule has 2 fully saturated rings. The van der Waals surface area contributed by atoms with Crippen LogP contribution in [0.1, 0.15) is 80.1 Å². The summed E-state index contributed by atoms with van der Waals surface area (Å²) in [7, 11) is 0. The third-order valence-corrected chi connectivity index (χ3v) is 6.59. The van der Waals surface area contributed by atoms with Gasteiger partial charge in [0, 0.05) is 26.2 Å². The molecule has 0 aromatic rings. The minimum absolute atomic E-state index is 0.219. The van der Waals surface area contributed by atoms with Gasteiger partial charge in [0.2, 0.25) is 0 Å². The van der Waals surface area contributed by atoms with Crippen LogP contribution in [0.2, 0.25) is 0 Å². The van der Waals surface area contributed by atoms with Crippen molar-refractivity contribution >= 4 is 11.9 Å². The molecule has 0 saturated carbocycles. The van der Waals surface area contributed by atoms with Gasteiger partial charge < -0.3 is 23.7 Å².